The van der Waals surface area contributed by atoms with Crippen LogP contribution in [0.2, 0.25) is 0 Å². The molecule has 7 heteroatoms. The van der Waals surface area contributed by atoms with E-state index in [0.717, 1.165) is 30.4 Å². The van der Waals surface area contributed by atoms with E-state index in [9.17, 15) is 12.8 Å². The number of hydrogen-bond donors (Lipinski definition) is 2. The highest BCUT2D eigenvalue weighted by Crippen LogP contribution is 2.24. The summed E-state index contributed by atoms with van der Waals surface area (Å²) in [5.41, 5.74) is 6.05. The predicted octanol–water partition coefficient (Wildman–Crippen LogP) is 2.14. The van der Waals surface area contributed by atoms with Crippen LogP contribution in [0.25, 0.3) is 0 Å². The van der Waals surface area contributed by atoms with Gasteiger partial charge in [-0.3, -0.25) is 0 Å². The van der Waals surface area contributed by atoms with Gasteiger partial charge in [0.25, 0.3) is 0 Å². The first kappa shape index (κ1) is 15.6. The van der Waals surface area contributed by atoms with E-state index in [0.29, 0.717) is 12.5 Å². The maximum absolute atomic E-state index is 13.6. The van der Waals surface area contributed by atoms with Crippen molar-refractivity contribution in [3.05, 3.63) is 23.5 Å². The van der Waals surface area contributed by atoms with Gasteiger partial charge in [0, 0.05) is 17.8 Å². The van der Waals surface area contributed by atoms with E-state index in [4.69, 9.17) is 5.73 Å². The standard InChI is InChI=1S/C13H19FN2O2S2/c1-9-12(14)6-11(7-13(9)15)20(17,18)16-8-10-2-4-19-5-3-10/h6-7,10,16H,2-5,8,15H2,1H3. The lowest BCUT2D eigenvalue weighted by molar-refractivity contribution is 0.476. The fourth-order valence-electron chi connectivity index (χ4n) is 2.09. The van der Waals surface area contributed by atoms with Gasteiger partial charge in [0.05, 0.1) is 4.90 Å². The van der Waals surface area contributed by atoms with Crippen LogP contribution in [0.1, 0.15) is 18.4 Å². The van der Waals surface area contributed by atoms with E-state index in [1.165, 1.54) is 13.0 Å². The molecule has 20 heavy (non-hydrogen) atoms. The van der Waals surface area contributed by atoms with Crippen LogP contribution in [-0.2, 0) is 10.0 Å². The fourth-order valence-corrected chi connectivity index (χ4v) is 4.46. The molecule has 2 rings (SSSR count). The van der Waals surface area contributed by atoms with Gasteiger partial charge in [-0.2, -0.15) is 11.8 Å². The Bertz CT molecular complexity index is 561. The summed E-state index contributed by atoms with van der Waals surface area (Å²) in [6.07, 6.45) is 2.02. The van der Waals surface area contributed by atoms with Crippen LogP contribution in [0.5, 0.6) is 0 Å². The maximum Gasteiger partial charge on any atom is 0.240 e. The smallest absolute Gasteiger partial charge is 0.240 e. The van der Waals surface area contributed by atoms with E-state index in [1.807, 2.05) is 11.8 Å². The summed E-state index contributed by atoms with van der Waals surface area (Å²) in [5.74, 6) is 1.90. The second-order valence-corrected chi connectivity index (χ2v) is 8.02. The zero-order valence-corrected chi connectivity index (χ0v) is 13.0. The Morgan fingerprint density at radius 2 is 2.05 bits per heavy atom. The highest BCUT2D eigenvalue weighted by Gasteiger charge is 2.20. The number of halogens is 1. The van der Waals surface area contributed by atoms with E-state index >= 15 is 0 Å². The molecule has 1 aliphatic heterocycles. The minimum atomic E-state index is -3.70. The van der Waals surface area contributed by atoms with Crippen molar-refractivity contribution < 1.29 is 12.8 Å². The van der Waals surface area contributed by atoms with Crippen LogP contribution >= 0.6 is 11.8 Å². The Balaban J connectivity index is 2.10. The van der Waals surface area contributed by atoms with Crippen molar-refractivity contribution in [3.63, 3.8) is 0 Å². The van der Waals surface area contributed by atoms with Gasteiger partial charge in [0.15, 0.2) is 0 Å². The molecule has 1 heterocycles. The van der Waals surface area contributed by atoms with Gasteiger partial charge in [-0.1, -0.05) is 0 Å². The van der Waals surface area contributed by atoms with Crippen LogP contribution < -0.4 is 10.5 Å². The zero-order valence-electron chi connectivity index (χ0n) is 11.4. The molecular weight excluding hydrogens is 299 g/mol. The first-order valence-corrected chi connectivity index (χ1v) is 9.17. The van der Waals surface area contributed by atoms with Crippen LogP contribution in [0.4, 0.5) is 10.1 Å². The highest BCUT2D eigenvalue weighted by molar-refractivity contribution is 7.99. The van der Waals surface area contributed by atoms with Crippen LogP contribution in [0, 0.1) is 18.7 Å². The van der Waals surface area contributed by atoms with Crippen molar-refractivity contribution >= 4 is 27.5 Å². The highest BCUT2D eigenvalue weighted by atomic mass is 32.2. The van der Waals surface area contributed by atoms with Crippen molar-refractivity contribution in [1.82, 2.24) is 4.72 Å². The molecule has 0 atom stereocenters. The van der Waals surface area contributed by atoms with Gasteiger partial charge in [0.2, 0.25) is 10.0 Å². The lowest BCUT2D eigenvalue weighted by Gasteiger charge is -2.21. The third-order valence-electron chi connectivity index (χ3n) is 3.57. The summed E-state index contributed by atoms with van der Waals surface area (Å²) in [6, 6.07) is 2.32. The molecule has 0 amide bonds. The topological polar surface area (TPSA) is 72.2 Å². The molecule has 0 radical (unpaired) electrons. The third-order valence-corrected chi connectivity index (χ3v) is 6.02. The third kappa shape index (κ3) is 3.65. The Morgan fingerprint density at radius 1 is 1.40 bits per heavy atom. The maximum atomic E-state index is 13.6. The molecule has 0 aromatic heterocycles. The molecule has 0 saturated carbocycles. The molecule has 3 N–H and O–H groups in total. The molecule has 1 aromatic carbocycles. The molecule has 1 fully saturated rings. The molecule has 1 saturated heterocycles. The number of nitrogen functional groups attached to an aromatic ring is 1. The fraction of sp³-hybridized carbons (Fsp3) is 0.538. The Labute approximate surface area is 123 Å². The van der Waals surface area contributed by atoms with E-state index in [-0.39, 0.29) is 16.1 Å². The zero-order chi connectivity index (χ0) is 14.8. The predicted molar refractivity (Wildman–Crippen MR) is 80.8 cm³/mol. The van der Waals surface area contributed by atoms with Crippen molar-refractivity contribution in [2.45, 2.75) is 24.7 Å². The van der Waals surface area contributed by atoms with Gasteiger partial charge in [-0.25, -0.2) is 17.5 Å². The summed E-state index contributed by atoms with van der Waals surface area (Å²) >= 11 is 1.89. The normalized spacial score (nSPS) is 17.3. The van der Waals surface area contributed by atoms with Gasteiger partial charge in [-0.15, -0.1) is 0 Å². The van der Waals surface area contributed by atoms with Crippen LogP contribution in [-0.4, -0.2) is 26.5 Å². The monoisotopic (exact) mass is 318 g/mol. The molecule has 1 aliphatic rings. The minimum absolute atomic E-state index is 0.108. The van der Waals surface area contributed by atoms with Crippen LogP contribution in [0.15, 0.2) is 17.0 Å². The van der Waals surface area contributed by atoms with E-state index in [2.05, 4.69) is 4.72 Å². The SMILES string of the molecule is Cc1c(N)cc(S(=O)(=O)NCC2CCSCC2)cc1F. The lowest BCUT2D eigenvalue weighted by atomic mass is 10.0. The number of nitrogens with one attached hydrogen (secondary N) is 1. The van der Waals surface area contributed by atoms with Gasteiger partial charge < -0.3 is 5.73 Å². The molecular formula is C13H19FN2O2S2. The summed E-state index contributed by atoms with van der Waals surface area (Å²) in [4.78, 5) is -0.108. The van der Waals surface area contributed by atoms with Crippen molar-refractivity contribution in [2.24, 2.45) is 5.92 Å². The molecule has 4 nitrogen and oxygen atoms in total. The number of benzene rings is 1. The van der Waals surface area contributed by atoms with E-state index < -0.39 is 15.8 Å². The average molecular weight is 318 g/mol. The first-order chi connectivity index (χ1) is 9.40. The van der Waals surface area contributed by atoms with Gasteiger partial charge in [0.1, 0.15) is 5.82 Å². The quantitative estimate of drug-likeness (QED) is 0.834. The molecule has 112 valence electrons. The Morgan fingerprint density at radius 3 is 2.65 bits per heavy atom. The van der Waals surface area contributed by atoms with Crippen molar-refractivity contribution in [2.75, 3.05) is 23.8 Å². The Hall–Kier alpha value is -0.790. The second kappa shape index (κ2) is 6.32. The first-order valence-electron chi connectivity index (χ1n) is 6.53. The second-order valence-electron chi connectivity index (χ2n) is 5.03. The molecule has 0 unspecified atom stereocenters. The minimum Gasteiger partial charge on any atom is -0.398 e. The molecule has 0 spiro atoms. The number of thioether (sulfide) groups is 1. The Kier molecular flexibility index (Phi) is 4.93. The molecule has 0 aliphatic carbocycles. The number of anilines is 1. The van der Waals surface area contributed by atoms with Gasteiger partial charge in [-0.05, 0) is 49.3 Å². The summed E-state index contributed by atoms with van der Waals surface area (Å²) in [5, 5.41) is 0. The number of rotatable bonds is 4. The number of hydrogen-bond acceptors (Lipinski definition) is 4. The number of sulfonamides is 1. The van der Waals surface area contributed by atoms with E-state index in [1.54, 1.807) is 0 Å². The summed E-state index contributed by atoms with van der Waals surface area (Å²) in [6.45, 7) is 1.92. The largest absolute Gasteiger partial charge is 0.398 e. The molecule has 0 bridgehead atoms. The average Bonchev–Trinajstić information content (AvgIpc) is 2.43. The van der Waals surface area contributed by atoms with Crippen molar-refractivity contribution in [1.29, 1.82) is 0 Å². The van der Waals surface area contributed by atoms with Gasteiger partial charge >= 0.3 is 0 Å². The number of nitrogens with two attached hydrogens (primary N) is 1. The molecule has 1 aromatic rings. The van der Waals surface area contributed by atoms with Crippen molar-refractivity contribution in [3.8, 4) is 0 Å². The summed E-state index contributed by atoms with van der Waals surface area (Å²) in [7, 11) is -3.70. The summed E-state index contributed by atoms with van der Waals surface area (Å²) < 4.78 is 40.5. The van der Waals surface area contributed by atoms with Crippen LogP contribution in [0.3, 0.4) is 0 Å². The lowest BCUT2D eigenvalue weighted by Crippen LogP contribution is -2.31.